The second-order valence-electron chi connectivity index (χ2n) is 10.3. The molecule has 0 saturated heterocycles. The largest absolute Gasteiger partial charge is 0.497 e. The summed E-state index contributed by atoms with van der Waals surface area (Å²) in [5.41, 5.74) is 2.15. The number of thiophene rings is 1. The van der Waals surface area contributed by atoms with Crippen molar-refractivity contribution < 1.29 is 22.7 Å². The van der Waals surface area contributed by atoms with Crippen LogP contribution < -0.4 is 10.1 Å². The van der Waals surface area contributed by atoms with E-state index in [2.05, 4.69) is 15.5 Å². The summed E-state index contributed by atoms with van der Waals surface area (Å²) in [5.74, 6) is 0.788. The van der Waals surface area contributed by atoms with Gasteiger partial charge in [-0.15, -0.1) is 21.5 Å². The molecule has 2 amide bonds. The number of hydrogen-bond acceptors (Lipinski definition) is 10. The first kappa shape index (κ1) is 33.3. The molecule has 242 valence electrons. The van der Waals surface area contributed by atoms with Crippen LogP contribution >= 0.6 is 23.1 Å². The Labute approximate surface area is 276 Å². The highest BCUT2D eigenvalue weighted by molar-refractivity contribution is 7.99. The number of sulfonamides is 1. The molecule has 15 heteroatoms. The highest BCUT2D eigenvalue weighted by Gasteiger charge is 2.33. The second kappa shape index (κ2) is 14.6. The SMILES string of the molecule is CCN(CC)S(=O)(=O)c1ccc(C(=O)NCc2nnc(SCC(=O)N3N=C(c4cccs4)C[C@H]3c3ccc(OC)cc3)n2C)cc1. The van der Waals surface area contributed by atoms with E-state index in [9.17, 15) is 18.0 Å². The summed E-state index contributed by atoms with van der Waals surface area (Å²) < 4.78 is 33.9. The van der Waals surface area contributed by atoms with E-state index in [0.717, 1.165) is 21.9 Å². The van der Waals surface area contributed by atoms with E-state index < -0.39 is 10.0 Å². The molecule has 1 atom stereocenters. The van der Waals surface area contributed by atoms with E-state index in [1.165, 1.54) is 40.3 Å². The summed E-state index contributed by atoms with van der Waals surface area (Å²) in [4.78, 5) is 27.5. The zero-order valence-corrected chi connectivity index (χ0v) is 28.4. The average Bonchev–Trinajstić information content (AvgIpc) is 3.84. The van der Waals surface area contributed by atoms with Gasteiger partial charge in [0.1, 0.15) is 5.75 Å². The number of nitrogens with one attached hydrogen (secondary N) is 1. The van der Waals surface area contributed by atoms with Gasteiger partial charge in [0.15, 0.2) is 11.0 Å². The molecular formula is C31H35N7O5S3. The first-order chi connectivity index (χ1) is 22.2. The van der Waals surface area contributed by atoms with Gasteiger partial charge < -0.3 is 14.6 Å². The molecule has 0 unspecified atom stereocenters. The summed E-state index contributed by atoms with van der Waals surface area (Å²) in [7, 11) is -0.229. The smallest absolute Gasteiger partial charge is 0.253 e. The van der Waals surface area contributed by atoms with Gasteiger partial charge in [-0.25, -0.2) is 13.4 Å². The first-order valence-electron chi connectivity index (χ1n) is 14.6. The molecular weight excluding hydrogens is 647 g/mol. The van der Waals surface area contributed by atoms with Crippen molar-refractivity contribution in [3.8, 4) is 5.75 Å². The summed E-state index contributed by atoms with van der Waals surface area (Å²) in [6.45, 7) is 4.37. The average molecular weight is 682 g/mol. The van der Waals surface area contributed by atoms with Crippen molar-refractivity contribution in [1.82, 2.24) is 29.4 Å². The highest BCUT2D eigenvalue weighted by atomic mass is 32.2. The topological polar surface area (TPSA) is 139 Å². The Balaban J connectivity index is 1.21. The molecule has 2 aromatic heterocycles. The van der Waals surface area contributed by atoms with Crippen LogP contribution in [0.25, 0.3) is 0 Å². The zero-order valence-electron chi connectivity index (χ0n) is 25.9. The lowest BCUT2D eigenvalue weighted by Gasteiger charge is -2.22. The molecule has 4 aromatic rings. The fourth-order valence-corrected chi connectivity index (χ4v) is 7.95. The molecule has 12 nitrogen and oxygen atoms in total. The van der Waals surface area contributed by atoms with Crippen molar-refractivity contribution in [1.29, 1.82) is 0 Å². The molecule has 0 spiro atoms. The number of ether oxygens (including phenoxy) is 1. The van der Waals surface area contributed by atoms with Crippen molar-refractivity contribution in [3.63, 3.8) is 0 Å². The molecule has 46 heavy (non-hydrogen) atoms. The van der Waals surface area contributed by atoms with E-state index in [4.69, 9.17) is 9.84 Å². The van der Waals surface area contributed by atoms with Gasteiger partial charge in [0, 0.05) is 32.1 Å². The van der Waals surface area contributed by atoms with Gasteiger partial charge in [-0.3, -0.25) is 9.59 Å². The molecule has 5 rings (SSSR count). The van der Waals surface area contributed by atoms with Gasteiger partial charge in [0.25, 0.3) is 11.8 Å². The lowest BCUT2D eigenvalue weighted by molar-refractivity contribution is -0.130. The number of amides is 2. The number of hydrogen-bond donors (Lipinski definition) is 1. The van der Waals surface area contributed by atoms with Crippen molar-refractivity contribution in [3.05, 3.63) is 87.9 Å². The molecule has 1 aliphatic rings. The maximum Gasteiger partial charge on any atom is 0.253 e. The van der Waals surface area contributed by atoms with Crippen LogP contribution in [0.4, 0.5) is 0 Å². The minimum Gasteiger partial charge on any atom is -0.497 e. The minimum atomic E-state index is -3.61. The third-order valence-electron chi connectivity index (χ3n) is 7.59. The quantitative estimate of drug-likeness (QED) is 0.206. The normalized spacial score (nSPS) is 14.8. The summed E-state index contributed by atoms with van der Waals surface area (Å²) >= 11 is 2.83. The number of hydrazone groups is 1. The van der Waals surface area contributed by atoms with Crippen molar-refractivity contribution >= 4 is 50.6 Å². The Kier molecular flexibility index (Phi) is 10.6. The molecule has 2 aromatic carbocycles. The minimum absolute atomic E-state index is 0.0922. The molecule has 0 fully saturated rings. The standard InChI is InChI=1S/C31H35N7O5S3/c1-5-37(6-2)46(41,42)24-15-11-22(12-16-24)30(40)32-19-28-33-34-31(36(28)3)45-20-29(39)38-26(21-9-13-23(43-4)14-10-21)18-25(35-38)27-8-7-17-44-27/h7-17,26H,5-6,18-20H2,1-4H3,(H,32,40)/t26-/m0/s1. The number of rotatable bonds is 13. The van der Waals surface area contributed by atoms with Gasteiger partial charge in [-0.2, -0.15) is 9.41 Å². The van der Waals surface area contributed by atoms with Gasteiger partial charge in [-0.05, 0) is 53.4 Å². The van der Waals surface area contributed by atoms with Crippen LogP contribution in [0.15, 0.2) is 81.2 Å². The predicted octanol–water partition coefficient (Wildman–Crippen LogP) is 4.32. The van der Waals surface area contributed by atoms with Crippen LogP contribution in [0.1, 0.15) is 52.9 Å². The molecule has 0 radical (unpaired) electrons. The first-order valence-corrected chi connectivity index (χ1v) is 17.9. The maximum atomic E-state index is 13.5. The van der Waals surface area contributed by atoms with Crippen molar-refractivity contribution in [2.24, 2.45) is 12.1 Å². The summed E-state index contributed by atoms with van der Waals surface area (Å²) in [6, 6.07) is 17.2. The number of benzene rings is 2. The second-order valence-corrected chi connectivity index (χ2v) is 14.1. The Bertz CT molecular complexity index is 1800. The molecule has 0 bridgehead atoms. The van der Waals surface area contributed by atoms with E-state index in [-0.39, 0.29) is 35.0 Å². The Morgan fingerprint density at radius 2 is 1.78 bits per heavy atom. The van der Waals surface area contributed by atoms with Gasteiger partial charge in [0.05, 0.1) is 40.9 Å². The Hall–Kier alpha value is -4.05. The van der Waals surface area contributed by atoms with E-state index >= 15 is 0 Å². The number of carbonyl (C=O) groups excluding carboxylic acids is 2. The van der Waals surface area contributed by atoms with Gasteiger partial charge >= 0.3 is 0 Å². The lowest BCUT2D eigenvalue weighted by Crippen LogP contribution is -2.30. The van der Waals surface area contributed by atoms with Crippen molar-refractivity contribution in [2.75, 3.05) is 26.0 Å². The fourth-order valence-electron chi connectivity index (χ4n) is 4.99. The molecule has 1 aliphatic heterocycles. The van der Waals surface area contributed by atoms with Crippen LogP contribution in [0.2, 0.25) is 0 Å². The van der Waals surface area contributed by atoms with Gasteiger partial charge in [0.2, 0.25) is 10.0 Å². The van der Waals surface area contributed by atoms with Crippen molar-refractivity contribution in [2.45, 2.75) is 42.9 Å². The molecule has 1 N–H and O–H groups in total. The number of aromatic nitrogens is 3. The lowest BCUT2D eigenvalue weighted by atomic mass is 10.0. The predicted molar refractivity (Wildman–Crippen MR) is 177 cm³/mol. The van der Waals surface area contributed by atoms with Gasteiger partial charge in [-0.1, -0.05) is 43.8 Å². The zero-order chi connectivity index (χ0) is 32.8. The highest BCUT2D eigenvalue weighted by Crippen LogP contribution is 2.35. The molecule has 0 saturated carbocycles. The fraction of sp³-hybridized carbons (Fsp3) is 0.323. The van der Waals surface area contributed by atoms with E-state index in [1.807, 2.05) is 41.8 Å². The van der Waals surface area contributed by atoms with Crippen LogP contribution in [0.5, 0.6) is 5.75 Å². The number of nitrogens with zero attached hydrogens (tertiary/aromatic N) is 6. The maximum absolute atomic E-state index is 13.5. The molecule has 0 aliphatic carbocycles. The Morgan fingerprint density at radius 3 is 2.41 bits per heavy atom. The van der Waals surface area contributed by atoms with Crippen LogP contribution in [-0.2, 0) is 28.4 Å². The Morgan fingerprint density at radius 1 is 1.07 bits per heavy atom. The van der Waals surface area contributed by atoms with E-state index in [1.54, 1.807) is 48.9 Å². The number of carbonyl (C=O) groups is 2. The number of methoxy groups -OCH3 is 1. The summed E-state index contributed by atoms with van der Waals surface area (Å²) in [6.07, 6.45) is 0.603. The van der Waals surface area contributed by atoms with Crippen LogP contribution in [0, 0.1) is 0 Å². The third kappa shape index (κ3) is 7.17. The number of thioether (sulfide) groups is 1. The molecule has 3 heterocycles. The monoisotopic (exact) mass is 681 g/mol. The summed E-state index contributed by atoms with van der Waals surface area (Å²) in [5, 5.41) is 20.0. The third-order valence-corrected chi connectivity index (χ3v) is 11.6. The van der Waals surface area contributed by atoms with Crippen LogP contribution in [-0.4, -0.2) is 76.0 Å². The van der Waals surface area contributed by atoms with E-state index in [0.29, 0.717) is 36.1 Å². The van der Waals surface area contributed by atoms with Crippen LogP contribution in [0.3, 0.4) is 0 Å².